The van der Waals surface area contributed by atoms with Crippen molar-refractivity contribution in [1.29, 1.82) is 0 Å². The van der Waals surface area contributed by atoms with Gasteiger partial charge in [0, 0.05) is 17.0 Å². The Kier molecular flexibility index (Phi) is 3.65. The lowest BCUT2D eigenvalue weighted by Crippen LogP contribution is -2.15. The smallest absolute Gasteiger partial charge is 0.384 e. The predicted molar refractivity (Wildman–Crippen MR) is 75.6 cm³/mol. The van der Waals surface area contributed by atoms with Gasteiger partial charge in [-0.25, -0.2) is 9.97 Å². The third kappa shape index (κ3) is 3.51. The molecule has 0 saturated carbocycles. The molecule has 0 aliphatic rings. The quantitative estimate of drug-likeness (QED) is 0.863. The molecular formula is C15H16F3N3. The number of halogens is 3. The van der Waals surface area contributed by atoms with Gasteiger partial charge in [0.05, 0.1) is 11.3 Å². The van der Waals surface area contributed by atoms with Crippen molar-refractivity contribution in [1.82, 2.24) is 9.97 Å². The van der Waals surface area contributed by atoms with E-state index in [0.717, 1.165) is 12.1 Å². The maximum Gasteiger partial charge on any atom is 0.416 e. The second-order valence-electron chi connectivity index (χ2n) is 5.83. The first-order valence-electron chi connectivity index (χ1n) is 6.40. The van der Waals surface area contributed by atoms with Crippen LogP contribution in [0.2, 0.25) is 0 Å². The van der Waals surface area contributed by atoms with Gasteiger partial charge in [-0.05, 0) is 12.1 Å². The van der Waals surface area contributed by atoms with Gasteiger partial charge in [-0.2, -0.15) is 13.2 Å². The van der Waals surface area contributed by atoms with Crippen LogP contribution in [0.3, 0.4) is 0 Å². The minimum Gasteiger partial charge on any atom is -0.384 e. The van der Waals surface area contributed by atoms with E-state index >= 15 is 0 Å². The minimum absolute atomic E-state index is 0.200. The monoisotopic (exact) mass is 295 g/mol. The Morgan fingerprint density at radius 2 is 1.67 bits per heavy atom. The summed E-state index contributed by atoms with van der Waals surface area (Å²) in [5, 5.41) is 0. The van der Waals surface area contributed by atoms with Crippen molar-refractivity contribution in [3.63, 3.8) is 0 Å². The average Bonchev–Trinajstić information content (AvgIpc) is 2.36. The Hall–Kier alpha value is -2.11. The molecule has 0 saturated heterocycles. The Labute approximate surface area is 121 Å². The first kappa shape index (κ1) is 15.3. The first-order valence-corrected chi connectivity index (χ1v) is 6.40. The predicted octanol–water partition coefficient (Wildman–Crippen LogP) is 4.04. The van der Waals surface area contributed by atoms with E-state index in [1.54, 1.807) is 6.07 Å². The molecule has 2 rings (SSSR count). The molecule has 3 nitrogen and oxygen atoms in total. The van der Waals surface area contributed by atoms with Gasteiger partial charge in [-0.3, -0.25) is 0 Å². The van der Waals surface area contributed by atoms with E-state index in [9.17, 15) is 13.2 Å². The fourth-order valence-corrected chi connectivity index (χ4v) is 1.81. The highest BCUT2D eigenvalue weighted by Gasteiger charge is 2.30. The van der Waals surface area contributed by atoms with Crippen LogP contribution < -0.4 is 5.73 Å². The molecule has 6 heteroatoms. The van der Waals surface area contributed by atoms with E-state index < -0.39 is 11.7 Å². The number of hydrogen-bond acceptors (Lipinski definition) is 3. The number of nitrogen functional groups attached to an aromatic ring is 1. The fourth-order valence-electron chi connectivity index (χ4n) is 1.81. The van der Waals surface area contributed by atoms with Crippen LogP contribution in [0, 0.1) is 0 Å². The standard InChI is InChI=1S/C15H16F3N3/c1-14(2,3)11-8-12(19)21-13(20-11)9-5-4-6-10(7-9)15(16,17)18/h4-8H,1-3H3,(H2,19,20,21). The zero-order valence-corrected chi connectivity index (χ0v) is 12.0. The number of anilines is 1. The molecule has 0 atom stereocenters. The van der Waals surface area contributed by atoms with Crippen LogP contribution in [0.1, 0.15) is 32.0 Å². The molecule has 0 unspecified atom stereocenters. The van der Waals surface area contributed by atoms with Gasteiger partial charge >= 0.3 is 6.18 Å². The van der Waals surface area contributed by atoms with Crippen molar-refractivity contribution in [3.05, 3.63) is 41.6 Å². The molecule has 112 valence electrons. The number of hydrogen-bond donors (Lipinski definition) is 1. The van der Waals surface area contributed by atoms with Gasteiger partial charge in [0.1, 0.15) is 5.82 Å². The fraction of sp³-hybridized carbons (Fsp3) is 0.333. The van der Waals surface area contributed by atoms with Crippen LogP contribution in [0.15, 0.2) is 30.3 Å². The second kappa shape index (κ2) is 5.02. The van der Waals surface area contributed by atoms with Crippen LogP contribution in [-0.2, 0) is 11.6 Å². The van der Waals surface area contributed by atoms with E-state index in [4.69, 9.17) is 5.73 Å². The molecule has 0 aliphatic heterocycles. The summed E-state index contributed by atoms with van der Waals surface area (Å²) in [4.78, 5) is 8.38. The number of rotatable bonds is 1. The summed E-state index contributed by atoms with van der Waals surface area (Å²) >= 11 is 0. The van der Waals surface area contributed by atoms with Crippen LogP contribution in [0.25, 0.3) is 11.4 Å². The number of alkyl halides is 3. The number of nitrogens with two attached hydrogens (primary N) is 1. The van der Waals surface area contributed by atoms with Crippen molar-refractivity contribution < 1.29 is 13.2 Å². The largest absolute Gasteiger partial charge is 0.416 e. The summed E-state index contributed by atoms with van der Waals surface area (Å²) in [6, 6.07) is 6.55. The summed E-state index contributed by atoms with van der Waals surface area (Å²) in [7, 11) is 0. The van der Waals surface area contributed by atoms with E-state index in [2.05, 4.69) is 9.97 Å². The van der Waals surface area contributed by atoms with Gasteiger partial charge < -0.3 is 5.73 Å². The topological polar surface area (TPSA) is 51.8 Å². The number of benzene rings is 1. The molecule has 1 heterocycles. The Balaban J connectivity index is 2.55. The van der Waals surface area contributed by atoms with Gasteiger partial charge in [0.25, 0.3) is 0 Å². The molecule has 2 aromatic rings. The maximum absolute atomic E-state index is 12.8. The Morgan fingerprint density at radius 1 is 1.00 bits per heavy atom. The summed E-state index contributed by atoms with van der Waals surface area (Å²) in [6.45, 7) is 5.85. The van der Waals surface area contributed by atoms with E-state index in [1.165, 1.54) is 12.1 Å². The summed E-state index contributed by atoms with van der Waals surface area (Å²) < 4.78 is 38.3. The highest BCUT2D eigenvalue weighted by Crippen LogP contribution is 2.32. The lowest BCUT2D eigenvalue weighted by atomic mass is 9.92. The first-order chi connectivity index (χ1) is 9.57. The van der Waals surface area contributed by atoms with Gasteiger partial charge in [0.2, 0.25) is 0 Å². The van der Waals surface area contributed by atoms with Crippen molar-refractivity contribution in [2.24, 2.45) is 0 Å². The molecule has 0 spiro atoms. The van der Waals surface area contributed by atoms with Crippen LogP contribution in [0.5, 0.6) is 0 Å². The van der Waals surface area contributed by atoms with Gasteiger partial charge in [0.15, 0.2) is 5.82 Å². The third-order valence-corrected chi connectivity index (χ3v) is 2.96. The molecule has 2 N–H and O–H groups in total. The molecule has 21 heavy (non-hydrogen) atoms. The lowest BCUT2D eigenvalue weighted by Gasteiger charge is -2.19. The average molecular weight is 295 g/mol. The van der Waals surface area contributed by atoms with Gasteiger partial charge in [-0.1, -0.05) is 32.9 Å². The van der Waals surface area contributed by atoms with Crippen molar-refractivity contribution in [2.45, 2.75) is 32.4 Å². The van der Waals surface area contributed by atoms with Crippen molar-refractivity contribution in [3.8, 4) is 11.4 Å². The zero-order chi connectivity index (χ0) is 15.8. The van der Waals surface area contributed by atoms with E-state index in [1.807, 2.05) is 20.8 Å². The highest BCUT2D eigenvalue weighted by atomic mass is 19.4. The molecule has 0 fully saturated rings. The molecule has 0 amide bonds. The van der Waals surface area contributed by atoms with Crippen molar-refractivity contribution >= 4 is 5.82 Å². The normalized spacial score (nSPS) is 12.5. The van der Waals surface area contributed by atoms with Crippen molar-refractivity contribution in [2.75, 3.05) is 5.73 Å². The maximum atomic E-state index is 12.8. The highest BCUT2D eigenvalue weighted by molar-refractivity contribution is 5.58. The van der Waals surface area contributed by atoms with Crippen LogP contribution in [-0.4, -0.2) is 9.97 Å². The third-order valence-electron chi connectivity index (χ3n) is 2.96. The molecule has 1 aromatic heterocycles. The van der Waals surface area contributed by atoms with E-state index in [0.29, 0.717) is 11.3 Å². The number of aromatic nitrogens is 2. The summed E-state index contributed by atoms with van der Waals surface area (Å²) in [6.07, 6.45) is -4.40. The van der Waals surface area contributed by atoms with Gasteiger partial charge in [-0.15, -0.1) is 0 Å². The Morgan fingerprint density at radius 3 is 2.24 bits per heavy atom. The van der Waals surface area contributed by atoms with Crippen LogP contribution >= 0.6 is 0 Å². The molecular weight excluding hydrogens is 279 g/mol. The second-order valence-corrected chi connectivity index (χ2v) is 5.83. The summed E-state index contributed by atoms with van der Waals surface area (Å²) in [5.74, 6) is 0.438. The molecule has 0 aliphatic carbocycles. The molecule has 1 aromatic carbocycles. The molecule has 0 bridgehead atoms. The zero-order valence-electron chi connectivity index (χ0n) is 12.0. The SMILES string of the molecule is CC(C)(C)c1cc(N)nc(-c2cccc(C(F)(F)F)c2)n1. The van der Waals surface area contributed by atoms with E-state index in [-0.39, 0.29) is 17.1 Å². The number of nitrogens with zero attached hydrogens (tertiary/aromatic N) is 2. The minimum atomic E-state index is -4.40. The molecule has 0 radical (unpaired) electrons. The summed E-state index contributed by atoms with van der Waals surface area (Å²) in [5.41, 5.74) is 5.72. The Bertz CT molecular complexity index is 658. The van der Waals surface area contributed by atoms with Crippen LogP contribution in [0.4, 0.5) is 19.0 Å². The lowest BCUT2D eigenvalue weighted by molar-refractivity contribution is -0.137.